The maximum atomic E-state index is 6.06. The van der Waals surface area contributed by atoms with Gasteiger partial charge in [-0.2, -0.15) is 0 Å². The Morgan fingerprint density at radius 1 is 1.32 bits per heavy atom. The van der Waals surface area contributed by atoms with Gasteiger partial charge in [0.15, 0.2) is 5.96 Å². The second-order valence-corrected chi connectivity index (χ2v) is 7.14. The molecule has 6 nitrogen and oxygen atoms in total. The highest BCUT2D eigenvalue weighted by Crippen LogP contribution is 2.30. The Morgan fingerprint density at radius 3 is 2.89 bits per heavy atom. The van der Waals surface area contributed by atoms with Crippen molar-refractivity contribution in [3.8, 4) is 5.75 Å². The quantitative estimate of drug-likeness (QED) is 0.227. The van der Waals surface area contributed by atoms with E-state index < -0.39 is 0 Å². The molecule has 1 aliphatic rings. The molecule has 1 aromatic carbocycles. The van der Waals surface area contributed by atoms with Gasteiger partial charge in [0.1, 0.15) is 5.75 Å². The largest absolute Gasteiger partial charge is 0.493 e. The fourth-order valence-electron chi connectivity index (χ4n) is 2.81. The average Bonchev–Trinajstić information content (AvgIpc) is 3.35. The summed E-state index contributed by atoms with van der Waals surface area (Å²) in [6.07, 6.45) is 9.25. The number of imidazole rings is 1. The molecule has 7 heteroatoms. The van der Waals surface area contributed by atoms with Crippen molar-refractivity contribution in [1.82, 2.24) is 20.2 Å². The minimum absolute atomic E-state index is 0. The molecule has 28 heavy (non-hydrogen) atoms. The molecule has 3 rings (SSSR count). The van der Waals surface area contributed by atoms with Gasteiger partial charge in [0, 0.05) is 37.6 Å². The fourth-order valence-corrected chi connectivity index (χ4v) is 2.81. The standard InChI is InChI=1S/C21H31N5O.HI/c1-3-23-21(24-9-4-11-26-12-10-22-16-26)25-14-19-8-5-17(2)13-20(19)27-15-18-6-7-18;/h5,8,10,12-13,16,18H,3-4,6-7,9,11,14-15H2,1-2H3,(H2,23,24,25);1H. The van der Waals surface area contributed by atoms with Crippen LogP contribution in [0.2, 0.25) is 0 Å². The van der Waals surface area contributed by atoms with Crippen LogP contribution in [0.3, 0.4) is 0 Å². The molecule has 0 spiro atoms. The molecule has 0 unspecified atom stereocenters. The molecule has 0 bridgehead atoms. The van der Waals surface area contributed by atoms with E-state index in [9.17, 15) is 0 Å². The summed E-state index contributed by atoms with van der Waals surface area (Å²) >= 11 is 0. The maximum Gasteiger partial charge on any atom is 0.191 e. The zero-order chi connectivity index (χ0) is 18.9. The Balaban J connectivity index is 0.00000280. The van der Waals surface area contributed by atoms with Crippen molar-refractivity contribution in [3.05, 3.63) is 48.0 Å². The third-order valence-corrected chi connectivity index (χ3v) is 4.59. The van der Waals surface area contributed by atoms with Gasteiger partial charge in [0.05, 0.1) is 19.5 Å². The number of aliphatic imine (C=N–C) groups is 1. The van der Waals surface area contributed by atoms with E-state index in [0.717, 1.165) is 55.9 Å². The molecular weight excluding hydrogens is 465 g/mol. The van der Waals surface area contributed by atoms with Crippen LogP contribution in [0.25, 0.3) is 0 Å². The van der Waals surface area contributed by atoms with Crippen molar-refractivity contribution in [3.63, 3.8) is 0 Å². The van der Waals surface area contributed by atoms with Crippen LogP contribution in [-0.4, -0.2) is 35.2 Å². The van der Waals surface area contributed by atoms with Crippen LogP contribution < -0.4 is 15.4 Å². The summed E-state index contributed by atoms with van der Waals surface area (Å²) in [4.78, 5) is 8.81. The lowest BCUT2D eigenvalue weighted by molar-refractivity contribution is 0.296. The summed E-state index contributed by atoms with van der Waals surface area (Å²) < 4.78 is 8.14. The number of aryl methyl sites for hydroxylation is 2. The monoisotopic (exact) mass is 497 g/mol. The summed E-state index contributed by atoms with van der Waals surface area (Å²) in [6, 6.07) is 6.38. The molecule has 154 valence electrons. The van der Waals surface area contributed by atoms with E-state index >= 15 is 0 Å². The Kier molecular flexibility index (Phi) is 9.60. The van der Waals surface area contributed by atoms with E-state index in [1.165, 1.54) is 18.4 Å². The maximum absolute atomic E-state index is 6.06. The predicted octanol–water partition coefficient (Wildman–Crippen LogP) is 3.74. The van der Waals surface area contributed by atoms with E-state index in [1.807, 2.05) is 18.7 Å². The molecule has 1 fully saturated rings. The van der Waals surface area contributed by atoms with Crippen molar-refractivity contribution in [2.45, 2.75) is 46.2 Å². The molecule has 1 aromatic heterocycles. The number of hydrogen-bond acceptors (Lipinski definition) is 3. The van der Waals surface area contributed by atoms with Gasteiger partial charge in [-0.3, -0.25) is 0 Å². The van der Waals surface area contributed by atoms with Gasteiger partial charge in [0.25, 0.3) is 0 Å². The van der Waals surface area contributed by atoms with Crippen molar-refractivity contribution in [1.29, 1.82) is 0 Å². The molecule has 1 heterocycles. The number of rotatable bonds is 10. The number of nitrogens with one attached hydrogen (secondary N) is 2. The van der Waals surface area contributed by atoms with E-state index in [4.69, 9.17) is 9.73 Å². The number of nitrogens with zero attached hydrogens (tertiary/aromatic N) is 3. The van der Waals surface area contributed by atoms with E-state index in [2.05, 4.69) is 52.2 Å². The normalized spacial score (nSPS) is 13.7. The molecule has 0 atom stereocenters. The lowest BCUT2D eigenvalue weighted by Gasteiger charge is -2.13. The van der Waals surface area contributed by atoms with Crippen LogP contribution in [0.1, 0.15) is 37.3 Å². The van der Waals surface area contributed by atoms with E-state index in [-0.39, 0.29) is 24.0 Å². The summed E-state index contributed by atoms with van der Waals surface area (Å²) in [5.41, 5.74) is 2.36. The first-order chi connectivity index (χ1) is 13.2. The average molecular weight is 497 g/mol. The first-order valence-electron chi connectivity index (χ1n) is 9.95. The molecule has 0 aliphatic heterocycles. The second kappa shape index (κ2) is 11.9. The Labute approximate surface area is 185 Å². The molecule has 0 saturated heterocycles. The third-order valence-electron chi connectivity index (χ3n) is 4.59. The van der Waals surface area contributed by atoms with Crippen LogP contribution in [0.4, 0.5) is 0 Å². The van der Waals surface area contributed by atoms with Gasteiger partial charge in [-0.25, -0.2) is 9.98 Å². The van der Waals surface area contributed by atoms with E-state index in [1.54, 1.807) is 0 Å². The summed E-state index contributed by atoms with van der Waals surface area (Å²) in [5.74, 6) is 2.56. The molecule has 1 saturated carbocycles. The van der Waals surface area contributed by atoms with Crippen LogP contribution in [0, 0.1) is 12.8 Å². The van der Waals surface area contributed by atoms with Gasteiger partial charge in [0.2, 0.25) is 0 Å². The van der Waals surface area contributed by atoms with Gasteiger partial charge in [-0.1, -0.05) is 12.1 Å². The van der Waals surface area contributed by atoms with Gasteiger partial charge in [-0.05, 0) is 50.7 Å². The Hall–Kier alpha value is -1.77. The summed E-state index contributed by atoms with van der Waals surface area (Å²) in [6.45, 7) is 8.27. The smallest absolute Gasteiger partial charge is 0.191 e. The Bertz CT molecular complexity index is 728. The summed E-state index contributed by atoms with van der Waals surface area (Å²) in [5, 5.41) is 6.73. The summed E-state index contributed by atoms with van der Waals surface area (Å²) in [7, 11) is 0. The molecule has 0 amide bonds. The first-order valence-corrected chi connectivity index (χ1v) is 9.95. The number of halogens is 1. The van der Waals surface area contributed by atoms with Gasteiger partial charge in [-0.15, -0.1) is 24.0 Å². The van der Waals surface area contributed by atoms with Crippen LogP contribution >= 0.6 is 24.0 Å². The molecule has 1 aliphatic carbocycles. The van der Waals surface area contributed by atoms with Crippen LogP contribution in [0.5, 0.6) is 5.75 Å². The van der Waals surface area contributed by atoms with Crippen LogP contribution in [0.15, 0.2) is 41.9 Å². The molecule has 0 radical (unpaired) electrons. The Morgan fingerprint density at radius 2 is 2.18 bits per heavy atom. The van der Waals surface area contributed by atoms with Crippen LogP contribution in [-0.2, 0) is 13.1 Å². The first kappa shape index (κ1) is 22.5. The van der Waals surface area contributed by atoms with Gasteiger partial charge >= 0.3 is 0 Å². The van der Waals surface area contributed by atoms with Crippen molar-refractivity contribution in [2.24, 2.45) is 10.9 Å². The number of benzene rings is 1. The zero-order valence-corrected chi connectivity index (χ0v) is 19.2. The second-order valence-electron chi connectivity index (χ2n) is 7.14. The predicted molar refractivity (Wildman–Crippen MR) is 124 cm³/mol. The lowest BCUT2D eigenvalue weighted by atomic mass is 10.1. The van der Waals surface area contributed by atoms with Crippen molar-refractivity contribution < 1.29 is 4.74 Å². The zero-order valence-electron chi connectivity index (χ0n) is 16.9. The lowest BCUT2D eigenvalue weighted by Crippen LogP contribution is -2.38. The molecular formula is C21H32IN5O. The molecule has 2 N–H and O–H groups in total. The topological polar surface area (TPSA) is 63.5 Å². The van der Waals surface area contributed by atoms with Gasteiger partial charge < -0.3 is 19.9 Å². The highest BCUT2D eigenvalue weighted by molar-refractivity contribution is 14.0. The van der Waals surface area contributed by atoms with E-state index in [0.29, 0.717) is 6.54 Å². The number of guanidine groups is 1. The number of hydrogen-bond donors (Lipinski definition) is 2. The number of aromatic nitrogens is 2. The highest BCUT2D eigenvalue weighted by Gasteiger charge is 2.22. The third kappa shape index (κ3) is 7.69. The number of ether oxygens (including phenoxy) is 1. The highest BCUT2D eigenvalue weighted by atomic mass is 127. The van der Waals surface area contributed by atoms with Crippen molar-refractivity contribution in [2.75, 3.05) is 19.7 Å². The minimum atomic E-state index is 0. The molecule has 2 aromatic rings. The SMILES string of the molecule is CCNC(=NCc1ccc(C)cc1OCC1CC1)NCCCn1ccnc1.I. The fraction of sp³-hybridized carbons (Fsp3) is 0.524. The van der Waals surface area contributed by atoms with Crippen molar-refractivity contribution >= 4 is 29.9 Å². The minimum Gasteiger partial charge on any atom is -0.493 e.